The molecule has 0 saturated carbocycles. The van der Waals surface area contributed by atoms with E-state index in [1.807, 2.05) is 13.0 Å². The fourth-order valence-electron chi connectivity index (χ4n) is 1.33. The van der Waals surface area contributed by atoms with Crippen LogP contribution in [0, 0.1) is 13.5 Å². The third kappa shape index (κ3) is 1.97. The average molecular weight is 191 g/mol. The van der Waals surface area contributed by atoms with E-state index in [0.29, 0.717) is 6.54 Å². The number of nitrogens with zero attached hydrogens (tertiary/aromatic N) is 1. The van der Waals surface area contributed by atoms with Crippen molar-refractivity contribution >= 4 is 0 Å². The molecule has 0 aliphatic carbocycles. The molecule has 1 rings (SSSR count). The number of benzene rings is 1. The minimum Gasteiger partial charge on any atom is -0.497 e. The van der Waals surface area contributed by atoms with Gasteiger partial charge in [0.25, 0.3) is 0 Å². The van der Waals surface area contributed by atoms with Gasteiger partial charge in [-0.05, 0) is 18.6 Å². The molecule has 0 aliphatic heterocycles. The Kier molecular flexibility index (Phi) is 3.35. The standard InChI is InChI=1S/C11H13NO2/c1-8-5-9(13-3)6-11(14-4)10(8)7-12-2/h5-6H,7H2,1,3-4H3. The number of methoxy groups -OCH3 is 2. The maximum absolute atomic E-state index is 6.85. The van der Waals surface area contributed by atoms with Gasteiger partial charge < -0.3 is 14.3 Å². The second-order valence-electron chi connectivity index (χ2n) is 2.94. The molecule has 0 bridgehead atoms. The Labute approximate surface area is 84.1 Å². The summed E-state index contributed by atoms with van der Waals surface area (Å²) >= 11 is 0. The Balaban J connectivity index is 3.21. The molecule has 0 heterocycles. The predicted molar refractivity (Wildman–Crippen MR) is 54.6 cm³/mol. The smallest absolute Gasteiger partial charge is 0.243 e. The summed E-state index contributed by atoms with van der Waals surface area (Å²) in [4.78, 5) is 3.36. The van der Waals surface area contributed by atoms with E-state index < -0.39 is 0 Å². The van der Waals surface area contributed by atoms with Crippen LogP contribution in [-0.2, 0) is 6.54 Å². The fourth-order valence-corrected chi connectivity index (χ4v) is 1.33. The molecule has 3 heteroatoms. The summed E-state index contributed by atoms with van der Waals surface area (Å²) in [5.74, 6) is 1.48. The molecule has 1 aromatic rings. The number of ether oxygens (including phenoxy) is 2. The summed E-state index contributed by atoms with van der Waals surface area (Å²) in [7, 11) is 3.21. The molecule has 0 atom stereocenters. The highest BCUT2D eigenvalue weighted by molar-refractivity contribution is 5.46. The SMILES string of the molecule is [C-]#[N+]Cc1c(C)cc(OC)cc1OC. The summed E-state index contributed by atoms with van der Waals surface area (Å²) in [6, 6.07) is 3.70. The molecule has 0 saturated heterocycles. The minimum absolute atomic E-state index is 0.346. The molecule has 74 valence electrons. The van der Waals surface area contributed by atoms with Gasteiger partial charge in [0.15, 0.2) is 0 Å². The Hall–Kier alpha value is -1.69. The van der Waals surface area contributed by atoms with Crippen LogP contribution >= 0.6 is 0 Å². The van der Waals surface area contributed by atoms with Crippen molar-refractivity contribution in [3.05, 3.63) is 34.7 Å². The summed E-state index contributed by atoms with van der Waals surface area (Å²) in [5.41, 5.74) is 1.96. The van der Waals surface area contributed by atoms with Crippen LogP contribution in [0.1, 0.15) is 11.1 Å². The predicted octanol–water partition coefficient (Wildman–Crippen LogP) is 2.43. The lowest BCUT2D eigenvalue weighted by molar-refractivity contribution is 0.391. The first-order chi connectivity index (χ1) is 6.72. The Morgan fingerprint density at radius 2 is 2.00 bits per heavy atom. The van der Waals surface area contributed by atoms with E-state index in [0.717, 1.165) is 22.6 Å². The molecule has 0 fully saturated rings. The Bertz CT molecular complexity index is 366. The van der Waals surface area contributed by atoms with Crippen LogP contribution in [0.4, 0.5) is 0 Å². The van der Waals surface area contributed by atoms with E-state index >= 15 is 0 Å². The Morgan fingerprint density at radius 3 is 2.50 bits per heavy atom. The topological polar surface area (TPSA) is 22.8 Å². The lowest BCUT2D eigenvalue weighted by Gasteiger charge is -2.09. The van der Waals surface area contributed by atoms with Crippen molar-refractivity contribution in [1.82, 2.24) is 0 Å². The largest absolute Gasteiger partial charge is 0.497 e. The maximum atomic E-state index is 6.85. The van der Waals surface area contributed by atoms with Gasteiger partial charge in [-0.1, -0.05) is 0 Å². The van der Waals surface area contributed by atoms with Crippen molar-refractivity contribution in [3.8, 4) is 11.5 Å². The van der Waals surface area contributed by atoms with Gasteiger partial charge in [-0.3, -0.25) is 0 Å². The van der Waals surface area contributed by atoms with Crippen molar-refractivity contribution in [2.24, 2.45) is 0 Å². The summed E-state index contributed by atoms with van der Waals surface area (Å²) in [6.45, 7) is 9.14. The van der Waals surface area contributed by atoms with Gasteiger partial charge in [0.2, 0.25) is 6.54 Å². The fraction of sp³-hybridized carbons (Fsp3) is 0.364. The van der Waals surface area contributed by atoms with Gasteiger partial charge in [0.1, 0.15) is 11.5 Å². The van der Waals surface area contributed by atoms with Crippen LogP contribution in [0.3, 0.4) is 0 Å². The summed E-state index contributed by atoms with van der Waals surface area (Å²) in [6.07, 6.45) is 0. The first-order valence-electron chi connectivity index (χ1n) is 4.27. The van der Waals surface area contributed by atoms with Gasteiger partial charge >= 0.3 is 0 Å². The number of hydrogen-bond acceptors (Lipinski definition) is 2. The van der Waals surface area contributed by atoms with Crippen LogP contribution in [0.5, 0.6) is 11.5 Å². The van der Waals surface area contributed by atoms with Crippen LogP contribution in [-0.4, -0.2) is 14.2 Å². The average Bonchev–Trinajstić information content (AvgIpc) is 2.20. The highest BCUT2D eigenvalue weighted by atomic mass is 16.5. The van der Waals surface area contributed by atoms with E-state index in [1.54, 1.807) is 20.3 Å². The van der Waals surface area contributed by atoms with E-state index in [4.69, 9.17) is 16.0 Å². The third-order valence-electron chi connectivity index (χ3n) is 2.10. The third-order valence-corrected chi connectivity index (χ3v) is 2.10. The van der Waals surface area contributed by atoms with E-state index in [1.165, 1.54) is 0 Å². The molecule has 0 aliphatic rings. The van der Waals surface area contributed by atoms with E-state index in [9.17, 15) is 0 Å². The second kappa shape index (κ2) is 4.52. The van der Waals surface area contributed by atoms with Crippen LogP contribution in [0.15, 0.2) is 12.1 Å². The van der Waals surface area contributed by atoms with Gasteiger partial charge in [-0.2, -0.15) is 0 Å². The monoisotopic (exact) mass is 191 g/mol. The lowest BCUT2D eigenvalue weighted by atomic mass is 10.1. The van der Waals surface area contributed by atoms with Crippen molar-refractivity contribution in [2.75, 3.05) is 14.2 Å². The molecular weight excluding hydrogens is 178 g/mol. The lowest BCUT2D eigenvalue weighted by Crippen LogP contribution is -1.95. The quantitative estimate of drug-likeness (QED) is 0.685. The highest BCUT2D eigenvalue weighted by Crippen LogP contribution is 2.28. The summed E-state index contributed by atoms with van der Waals surface area (Å²) < 4.78 is 10.3. The van der Waals surface area contributed by atoms with Gasteiger partial charge in [0, 0.05) is 6.07 Å². The number of aryl methyl sites for hydroxylation is 1. The summed E-state index contributed by atoms with van der Waals surface area (Å²) in [5, 5.41) is 0. The molecular formula is C11H13NO2. The Morgan fingerprint density at radius 1 is 1.29 bits per heavy atom. The van der Waals surface area contributed by atoms with Crippen LogP contribution in [0.25, 0.3) is 4.85 Å². The highest BCUT2D eigenvalue weighted by Gasteiger charge is 2.10. The van der Waals surface area contributed by atoms with Crippen molar-refractivity contribution in [3.63, 3.8) is 0 Å². The molecule has 0 amide bonds. The molecule has 14 heavy (non-hydrogen) atoms. The molecule has 0 spiro atoms. The van der Waals surface area contributed by atoms with Gasteiger partial charge in [-0.15, -0.1) is 0 Å². The first kappa shape index (κ1) is 10.4. The van der Waals surface area contributed by atoms with Crippen molar-refractivity contribution in [1.29, 1.82) is 0 Å². The number of rotatable bonds is 3. The van der Waals surface area contributed by atoms with Gasteiger partial charge in [0.05, 0.1) is 19.8 Å². The molecule has 0 aromatic heterocycles. The molecule has 0 N–H and O–H groups in total. The van der Waals surface area contributed by atoms with Gasteiger partial charge in [-0.25, -0.2) is 6.57 Å². The molecule has 0 radical (unpaired) electrons. The van der Waals surface area contributed by atoms with Crippen molar-refractivity contribution < 1.29 is 9.47 Å². The van der Waals surface area contributed by atoms with E-state index in [-0.39, 0.29) is 0 Å². The second-order valence-corrected chi connectivity index (χ2v) is 2.94. The zero-order chi connectivity index (χ0) is 10.6. The maximum Gasteiger partial charge on any atom is 0.243 e. The normalized spacial score (nSPS) is 9.29. The molecule has 1 aromatic carbocycles. The zero-order valence-corrected chi connectivity index (χ0v) is 8.63. The number of hydrogen-bond donors (Lipinski definition) is 0. The first-order valence-corrected chi connectivity index (χ1v) is 4.27. The van der Waals surface area contributed by atoms with E-state index in [2.05, 4.69) is 4.85 Å². The molecule has 3 nitrogen and oxygen atoms in total. The van der Waals surface area contributed by atoms with Crippen molar-refractivity contribution in [2.45, 2.75) is 13.5 Å². The van der Waals surface area contributed by atoms with Crippen LogP contribution in [0.2, 0.25) is 0 Å². The zero-order valence-electron chi connectivity index (χ0n) is 8.63. The molecule has 0 unspecified atom stereocenters. The minimum atomic E-state index is 0.346. The van der Waals surface area contributed by atoms with Crippen LogP contribution < -0.4 is 9.47 Å².